The van der Waals surface area contributed by atoms with Crippen LogP contribution in [-0.4, -0.2) is 9.78 Å². The fraction of sp³-hybridized carbons (Fsp3) is 0.250. The van der Waals surface area contributed by atoms with Crippen molar-refractivity contribution in [3.8, 4) is 17.0 Å². The van der Waals surface area contributed by atoms with Gasteiger partial charge in [-0.05, 0) is 42.7 Å². The van der Waals surface area contributed by atoms with Crippen LogP contribution < -0.4 is 4.74 Å². The van der Waals surface area contributed by atoms with Gasteiger partial charge in [-0.3, -0.25) is 0 Å². The molecule has 0 saturated carbocycles. The molecule has 3 nitrogen and oxygen atoms in total. The smallest absolute Gasteiger partial charge is 0.218 e. The van der Waals surface area contributed by atoms with E-state index in [1.807, 2.05) is 35.0 Å². The molecule has 2 aromatic carbocycles. The second-order valence-electron chi connectivity index (χ2n) is 6.58. The first-order valence-electron chi connectivity index (χ1n) is 8.22. The number of fused-ring (bicyclic) bond motifs is 3. The van der Waals surface area contributed by atoms with Crippen LogP contribution in [0.1, 0.15) is 31.3 Å². The zero-order chi connectivity index (χ0) is 16.7. The van der Waals surface area contributed by atoms with Gasteiger partial charge in [-0.2, -0.15) is 5.10 Å². The van der Waals surface area contributed by atoms with Crippen LogP contribution in [0.25, 0.3) is 11.3 Å². The largest absolute Gasteiger partial charge is 0.464 e. The number of nitrogens with zero attached hydrogens (tertiary/aromatic N) is 2. The van der Waals surface area contributed by atoms with Gasteiger partial charge >= 0.3 is 0 Å². The second kappa shape index (κ2) is 6.10. The highest BCUT2D eigenvalue weighted by Gasteiger charge is 2.28. The van der Waals surface area contributed by atoms with Crippen molar-refractivity contribution in [2.24, 2.45) is 5.92 Å². The molecule has 122 valence electrons. The Morgan fingerprint density at radius 3 is 2.62 bits per heavy atom. The zero-order valence-corrected chi connectivity index (χ0v) is 15.3. The van der Waals surface area contributed by atoms with E-state index in [4.69, 9.17) is 9.84 Å². The van der Waals surface area contributed by atoms with E-state index in [2.05, 4.69) is 54.0 Å². The summed E-state index contributed by atoms with van der Waals surface area (Å²) in [5.74, 6) is 1.48. The van der Waals surface area contributed by atoms with Gasteiger partial charge in [0.25, 0.3) is 0 Å². The third-order valence-corrected chi connectivity index (χ3v) is 4.71. The monoisotopic (exact) mass is 382 g/mol. The van der Waals surface area contributed by atoms with E-state index in [1.165, 1.54) is 0 Å². The lowest BCUT2D eigenvalue weighted by molar-refractivity contribution is 0.153. The van der Waals surface area contributed by atoms with Crippen molar-refractivity contribution in [2.75, 3.05) is 0 Å². The predicted molar refractivity (Wildman–Crippen MR) is 99.1 cm³/mol. The third kappa shape index (κ3) is 2.75. The van der Waals surface area contributed by atoms with E-state index in [0.29, 0.717) is 5.92 Å². The molecule has 2 heterocycles. The third-order valence-electron chi connectivity index (χ3n) is 4.18. The molecule has 1 aromatic heterocycles. The Bertz CT molecular complexity index is 868. The number of hydrogen-bond donors (Lipinski definition) is 0. The molecule has 0 spiro atoms. The summed E-state index contributed by atoms with van der Waals surface area (Å²) in [6, 6.07) is 18.6. The number of halogens is 1. The summed E-state index contributed by atoms with van der Waals surface area (Å²) in [5.41, 5.74) is 4.43. The SMILES string of the molecule is CC(C)Cc1cc2n(n1)[C@H](c1ccc(Br)cc1)Oc1ccccc1-2. The second-order valence-corrected chi connectivity index (χ2v) is 7.50. The maximum atomic E-state index is 6.29. The average molecular weight is 383 g/mol. The molecule has 4 heteroatoms. The maximum Gasteiger partial charge on any atom is 0.218 e. The van der Waals surface area contributed by atoms with Crippen molar-refractivity contribution in [1.82, 2.24) is 9.78 Å². The summed E-state index contributed by atoms with van der Waals surface area (Å²) in [6.45, 7) is 4.43. The quantitative estimate of drug-likeness (QED) is 0.601. The van der Waals surface area contributed by atoms with Gasteiger partial charge in [0.05, 0.1) is 11.4 Å². The molecule has 1 aliphatic rings. The molecule has 1 atom stereocenters. The summed E-state index contributed by atoms with van der Waals surface area (Å²) < 4.78 is 9.36. The minimum atomic E-state index is -0.232. The fourth-order valence-corrected chi connectivity index (χ4v) is 3.40. The Hall–Kier alpha value is -2.07. The molecule has 0 aliphatic carbocycles. The lowest BCUT2D eigenvalue weighted by Crippen LogP contribution is -2.23. The van der Waals surface area contributed by atoms with E-state index in [-0.39, 0.29) is 6.23 Å². The van der Waals surface area contributed by atoms with Gasteiger partial charge in [0.1, 0.15) is 5.75 Å². The van der Waals surface area contributed by atoms with Gasteiger partial charge < -0.3 is 4.74 Å². The Kier molecular flexibility index (Phi) is 3.93. The van der Waals surface area contributed by atoms with Gasteiger partial charge in [0, 0.05) is 15.6 Å². The first-order chi connectivity index (χ1) is 11.6. The molecular formula is C20H19BrN2O. The van der Waals surface area contributed by atoms with Crippen molar-refractivity contribution >= 4 is 15.9 Å². The average Bonchev–Trinajstić information content (AvgIpc) is 2.98. The fourth-order valence-electron chi connectivity index (χ4n) is 3.13. The minimum Gasteiger partial charge on any atom is -0.464 e. The van der Waals surface area contributed by atoms with E-state index < -0.39 is 0 Å². The molecule has 4 rings (SSSR count). The predicted octanol–water partition coefficient (Wildman–Crippen LogP) is 5.45. The number of rotatable bonds is 3. The molecule has 0 bridgehead atoms. The summed E-state index contributed by atoms with van der Waals surface area (Å²) >= 11 is 3.49. The molecule has 0 radical (unpaired) electrons. The minimum absolute atomic E-state index is 0.232. The molecular weight excluding hydrogens is 364 g/mol. The van der Waals surface area contributed by atoms with Gasteiger partial charge in [-0.25, -0.2) is 4.68 Å². The van der Waals surface area contributed by atoms with E-state index in [1.54, 1.807) is 0 Å². The normalized spacial score (nSPS) is 15.8. The molecule has 0 saturated heterocycles. The zero-order valence-electron chi connectivity index (χ0n) is 13.7. The summed E-state index contributed by atoms with van der Waals surface area (Å²) in [4.78, 5) is 0. The molecule has 3 aromatic rings. The van der Waals surface area contributed by atoms with Crippen LogP contribution in [0.3, 0.4) is 0 Å². The molecule has 1 aliphatic heterocycles. The number of aromatic nitrogens is 2. The van der Waals surface area contributed by atoms with Crippen molar-refractivity contribution < 1.29 is 4.74 Å². The van der Waals surface area contributed by atoms with Crippen molar-refractivity contribution in [3.05, 3.63) is 70.3 Å². The van der Waals surface area contributed by atoms with E-state index in [0.717, 1.165) is 39.2 Å². The van der Waals surface area contributed by atoms with Gasteiger partial charge in [0.15, 0.2) is 0 Å². The number of benzene rings is 2. The van der Waals surface area contributed by atoms with Crippen LogP contribution in [0.5, 0.6) is 5.75 Å². The molecule has 0 amide bonds. The van der Waals surface area contributed by atoms with Gasteiger partial charge in [-0.15, -0.1) is 0 Å². The van der Waals surface area contributed by atoms with E-state index >= 15 is 0 Å². The Morgan fingerprint density at radius 2 is 1.88 bits per heavy atom. The first-order valence-corrected chi connectivity index (χ1v) is 9.01. The Labute approximate surface area is 150 Å². The summed E-state index contributed by atoms with van der Waals surface area (Å²) in [7, 11) is 0. The van der Waals surface area contributed by atoms with Gasteiger partial charge in [0.2, 0.25) is 6.23 Å². The van der Waals surface area contributed by atoms with Crippen molar-refractivity contribution in [3.63, 3.8) is 0 Å². The molecule has 0 fully saturated rings. The maximum absolute atomic E-state index is 6.29. The highest BCUT2D eigenvalue weighted by molar-refractivity contribution is 9.10. The molecule has 0 unspecified atom stereocenters. The number of para-hydroxylation sites is 1. The summed E-state index contributed by atoms with van der Waals surface area (Å²) in [5, 5.41) is 4.85. The molecule has 0 N–H and O–H groups in total. The van der Waals surface area contributed by atoms with Crippen LogP contribution in [0.2, 0.25) is 0 Å². The van der Waals surface area contributed by atoms with Crippen LogP contribution >= 0.6 is 15.9 Å². The lowest BCUT2D eigenvalue weighted by atomic mass is 10.0. The van der Waals surface area contributed by atoms with Crippen LogP contribution in [-0.2, 0) is 6.42 Å². The standard InChI is InChI=1S/C20H19BrN2O/c1-13(2)11-16-12-18-17-5-3-4-6-19(17)24-20(23(18)22-16)14-7-9-15(21)10-8-14/h3-10,12-13,20H,11H2,1-2H3/t20-/m0/s1. The Balaban J connectivity index is 1.84. The van der Waals surface area contributed by atoms with E-state index in [9.17, 15) is 0 Å². The molecule has 24 heavy (non-hydrogen) atoms. The summed E-state index contributed by atoms with van der Waals surface area (Å²) in [6.07, 6.45) is 0.735. The van der Waals surface area contributed by atoms with Gasteiger partial charge in [-0.1, -0.05) is 54.0 Å². The van der Waals surface area contributed by atoms with Crippen LogP contribution in [0, 0.1) is 5.92 Å². The first kappa shape index (κ1) is 15.5. The number of hydrogen-bond acceptors (Lipinski definition) is 2. The van der Waals surface area contributed by atoms with Crippen LogP contribution in [0.4, 0.5) is 0 Å². The van der Waals surface area contributed by atoms with Crippen molar-refractivity contribution in [1.29, 1.82) is 0 Å². The Morgan fingerprint density at radius 1 is 1.12 bits per heavy atom. The topological polar surface area (TPSA) is 27.1 Å². The number of ether oxygens (including phenoxy) is 1. The van der Waals surface area contributed by atoms with Crippen LogP contribution in [0.15, 0.2) is 59.1 Å². The van der Waals surface area contributed by atoms with Crippen molar-refractivity contribution in [2.45, 2.75) is 26.5 Å². The highest BCUT2D eigenvalue weighted by atomic mass is 79.9. The highest BCUT2D eigenvalue weighted by Crippen LogP contribution is 2.40. The lowest BCUT2D eigenvalue weighted by Gasteiger charge is -2.28.